The number of rotatable bonds is 2. The van der Waals surface area contributed by atoms with Crippen LogP contribution in [0.25, 0.3) is 0 Å². The molecule has 2 amide bonds. The Labute approximate surface area is 93.1 Å². The third-order valence-corrected chi connectivity index (χ3v) is 3.11. The number of hydrogen-bond acceptors (Lipinski definition) is 4. The summed E-state index contributed by atoms with van der Waals surface area (Å²) in [6.45, 7) is 1.71. The number of amides is 2. The van der Waals surface area contributed by atoms with E-state index in [1.165, 1.54) is 14.2 Å². The fraction of sp³-hybridized carbons (Fsp3) is 0.455. The Balaban J connectivity index is 2.54. The second kappa shape index (κ2) is 3.37. The fourth-order valence-electron chi connectivity index (χ4n) is 2.15. The molecule has 86 valence electrons. The van der Waals surface area contributed by atoms with Crippen LogP contribution in [0.5, 0.6) is 0 Å². The number of hydrogen-bond donors (Lipinski definition) is 1. The van der Waals surface area contributed by atoms with Crippen LogP contribution >= 0.6 is 0 Å². The molecule has 1 saturated heterocycles. The van der Waals surface area contributed by atoms with Crippen molar-refractivity contribution in [3.05, 3.63) is 23.7 Å². The lowest BCUT2D eigenvalue weighted by molar-refractivity contribution is -0.126. The van der Waals surface area contributed by atoms with E-state index in [2.05, 4.69) is 5.32 Å². The highest BCUT2D eigenvalue weighted by atomic mass is 16.5. The summed E-state index contributed by atoms with van der Waals surface area (Å²) in [7, 11) is 2.96. The van der Waals surface area contributed by atoms with Crippen LogP contribution in [0.2, 0.25) is 0 Å². The molecular weight excluding hydrogens is 210 g/mol. The molecule has 16 heavy (non-hydrogen) atoms. The first-order valence-electron chi connectivity index (χ1n) is 4.91. The largest absolute Gasteiger partial charge is 0.496 e. The van der Waals surface area contributed by atoms with Gasteiger partial charge in [0.2, 0.25) is 11.8 Å². The summed E-state index contributed by atoms with van der Waals surface area (Å²) in [5.41, 5.74) is -0.871. The Hall–Kier alpha value is -1.78. The summed E-state index contributed by atoms with van der Waals surface area (Å²) in [5, 5.41) is 2.31. The molecule has 5 heteroatoms. The molecule has 0 bridgehead atoms. The van der Waals surface area contributed by atoms with Crippen molar-refractivity contribution in [1.82, 2.24) is 5.32 Å². The summed E-state index contributed by atoms with van der Waals surface area (Å²) < 4.78 is 10.3. The Bertz CT molecular complexity index is 424. The maximum Gasteiger partial charge on any atom is 0.238 e. The number of ether oxygens (including phenoxy) is 2. The van der Waals surface area contributed by atoms with Gasteiger partial charge in [-0.2, -0.15) is 0 Å². The lowest BCUT2D eigenvalue weighted by Crippen LogP contribution is -2.33. The number of fused-ring (bicyclic) bond motifs is 1. The van der Waals surface area contributed by atoms with Gasteiger partial charge in [-0.15, -0.1) is 0 Å². The van der Waals surface area contributed by atoms with Crippen LogP contribution in [0.3, 0.4) is 0 Å². The third kappa shape index (κ3) is 1.17. The molecule has 1 fully saturated rings. The van der Waals surface area contributed by atoms with Gasteiger partial charge >= 0.3 is 0 Å². The van der Waals surface area contributed by atoms with E-state index < -0.39 is 11.3 Å². The number of methoxy groups -OCH3 is 2. The van der Waals surface area contributed by atoms with Gasteiger partial charge in [0.05, 0.1) is 19.6 Å². The number of allylic oxidation sites excluding steroid dienone is 1. The van der Waals surface area contributed by atoms with Crippen LogP contribution < -0.4 is 5.32 Å². The monoisotopic (exact) mass is 223 g/mol. The second-order valence-corrected chi connectivity index (χ2v) is 4.00. The van der Waals surface area contributed by atoms with Gasteiger partial charge in [-0.3, -0.25) is 14.9 Å². The highest BCUT2D eigenvalue weighted by molar-refractivity contribution is 6.09. The highest BCUT2D eigenvalue weighted by Gasteiger charge is 2.55. The fourth-order valence-corrected chi connectivity index (χ4v) is 2.15. The highest BCUT2D eigenvalue weighted by Crippen LogP contribution is 2.43. The Kier molecular flexibility index (Phi) is 2.26. The molecule has 0 aromatic carbocycles. The summed E-state index contributed by atoms with van der Waals surface area (Å²) in [5.74, 6) is -0.401. The average molecular weight is 223 g/mol. The normalized spacial score (nSPS) is 32.6. The van der Waals surface area contributed by atoms with Crippen LogP contribution in [0.1, 0.15) is 6.92 Å². The standard InChI is InChI=1S/C11H13NO4/c1-11-5-4-6(15-2)8(16-3)7(11)9(13)12-10(11)14/h4-5,7H,1-3H3,(H,12,13,14). The van der Waals surface area contributed by atoms with E-state index in [4.69, 9.17) is 9.47 Å². The molecule has 2 aliphatic rings. The first kappa shape index (κ1) is 10.7. The van der Waals surface area contributed by atoms with E-state index in [1.54, 1.807) is 19.1 Å². The van der Waals surface area contributed by atoms with E-state index in [0.717, 1.165) is 0 Å². The molecule has 0 aromatic heterocycles. The minimum atomic E-state index is -0.871. The van der Waals surface area contributed by atoms with Crippen LogP contribution in [0.4, 0.5) is 0 Å². The quantitative estimate of drug-likeness (QED) is 0.685. The van der Waals surface area contributed by atoms with E-state index in [-0.39, 0.29) is 11.8 Å². The van der Waals surface area contributed by atoms with Crippen molar-refractivity contribution in [2.24, 2.45) is 11.3 Å². The van der Waals surface area contributed by atoms with Gasteiger partial charge in [0.15, 0.2) is 11.5 Å². The smallest absolute Gasteiger partial charge is 0.238 e. The Morgan fingerprint density at radius 1 is 1.31 bits per heavy atom. The zero-order valence-corrected chi connectivity index (χ0v) is 9.37. The van der Waals surface area contributed by atoms with Crippen molar-refractivity contribution in [3.63, 3.8) is 0 Å². The van der Waals surface area contributed by atoms with Gasteiger partial charge in [-0.1, -0.05) is 6.08 Å². The zero-order chi connectivity index (χ0) is 11.9. The molecule has 0 spiro atoms. The van der Waals surface area contributed by atoms with Crippen molar-refractivity contribution in [1.29, 1.82) is 0 Å². The van der Waals surface area contributed by atoms with E-state index in [1.807, 2.05) is 0 Å². The lowest BCUT2D eigenvalue weighted by atomic mass is 9.75. The average Bonchev–Trinajstić information content (AvgIpc) is 2.49. The Morgan fingerprint density at radius 2 is 2.00 bits per heavy atom. The van der Waals surface area contributed by atoms with Crippen molar-refractivity contribution in [3.8, 4) is 0 Å². The Morgan fingerprint density at radius 3 is 2.56 bits per heavy atom. The van der Waals surface area contributed by atoms with Crippen LogP contribution in [-0.4, -0.2) is 26.0 Å². The third-order valence-electron chi connectivity index (χ3n) is 3.11. The molecular formula is C11H13NO4. The van der Waals surface area contributed by atoms with Crippen molar-refractivity contribution in [2.75, 3.05) is 14.2 Å². The van der Waals surface area contributed by atoms with Crippen LogP contribution in [-0.2, 0) is 19.1 Å². The maximum absolute atomic E-state index is 11.7. The molecule has 1 aliphatic carbocycles. The van der Waals surface area contributed by atoms with Crippen LogP contribution in [0, 0.1) is 11.3 Å². The van der Waals surface area contributed by atoms with Gasteiger partial charge in [0, 0.05) is 0 Å². The van der Waals surface area contributed by atoms with Gasteiger partial charge in [0.25, 0.3) is 0 Å². The molecule has 1 heterocycles. The summed E-state index contributed by atoms with van der Waals surface area (Å²) >= 11 is 0. The van der Waals surface area contributed by atoms with E-state index >= 15 is 0 Å². The van der Waals surface area contributed by atoms with Crippen molar-refractivity contribution >= 4 is 11.8 Å². The molecule has 0 radical (unpaired) electrons. The van der Waals surface area contributed by atoms with Gasteiger partial charge in [0.1, 0.15) is 5.92 Å². The molecule has 0 aromatic rings. The number of carbonyl (C=O) groups excluding carboxylic acids is 2. The predicted octanol–water partition coefficient (Wildman–Crippen LogP) is 0.339. The lowest BCUT2D eigenvalue weighted by Gasteiger charge is -2.29. The van der Waals surface area contributed by atoms with Crippen molar-refractivity contribution < 1.29 is 19.1 Å². The van der Waals surface area contributed by atoms with Gasteiger partial charge in [-0.05, 0) is 13.0 Å². The first-order chi connectivity index (χ1) is 7.54. The molecule has 2 atom stereocenters. The summed E-state index contributed by atoms with van der Waals surface area (Å²) in [4.78, 5) is 23.4. The minimum Gasteiger partial charge on any atom is -0.496 e. The predicted molar refractivity (Wildman–Crippen MR) is 54.9 cm³/mol. The van der Waals surface area contributed by atoms with Crippen LogP contribution in [0.15, 0.2) is 23.7 Å². The minimum absolute atomic E-state index is 0.302. The SMILES string of the molecule is COC1=C(OC)C2C(=O)NC(=O)C2(C)C=C1. The summed E-state index contributed by atoms with van der Waals surface area (Å²) in [6.07, 6.45) is 3.34. The van der Waals surface area contributed by atoms with E-state index in [9.17, 15) is 9.59 Å². The number of nitrogens with one attached hydrogen (secondary N) is 1. The molecule has 1 N–H and O–H groups in total. The van der Waals surface area contributed by atoms with Gasteiger partial charge < -0.3 is 9.47 Å². The summed E-state index contributed by atoms with van der Waals surface area (Å²) in [6, 6.07) is 0. The molecule has 5 nitrogen and oxygen atoms in total. The molecule has 0 saturated carbocycles. The van der Waals surface area contributed by atoms with Crippen molar-refractivity contribution in [2.45, 2.75) is 6.92 Å². The number of carbonyl (C=O) groups is 2. The molecule has 1 aliphatic heterocycles. The maximum atomic E-state index is 11.7. The molecule has 2 rings (SSSR count). The molecule has 2 unspecified atom stereocenters. The second-order valence-electron chi connectivity index (χ2n) is 4.00. The first-order valence-corrected chi connectivity index (χ1v) is 4.91. The van der Waals surface area contributed by atoms with Gasteiger partial charge in [-0.25, -0.2) is 0 Å². The number of imide groups is 1. The zero-order valence-electron chi connectivity index (χ0n) is 9.37. The topological polar surface area (TPSA) is 64.6 Å². The van der Waals surface area contributed by atoms with E-state index in [0.29, 0.717) is 11.5 Å².